The van der Waals surface area contributed by atoms with E-state index in [4.69, 9.17) is 5.11 Å². The van der Waals surface area contributed by atoms with Gasteiger partial charge in [-0.15, -0.1) is 0 Å². The third-order valence-electron chi connectivity index (χ3n) is 1.62. The molecule has 2 heteroatoms. The summed E-state index contributed by atoms with van der Waals surface area (Å²) in [6.45, 7) is 2.10. The van der Waals surface area contributed by atoms with Crippen molar-refractivity contribution in [3.8, 4) is 0 Å². The van der Waals surface area contributed by atoms with Crippen molar-refractivity contribution in [1.82, 2.24) is 0 Å². The monoisotopic (exact) mass is 148 g/mol. The smallest absolute Gasteiger partial charge is 0.0999 e. The molecule has 0 spiro atoms. The molecule has 0 bridgehead atoms. The number of aliphatic hydroxyl groups is 1. The highest BCUT2D eigenvalue weighted by Gasteiger charge is 2.00. The summed E-state index contributed by atoms with van der Waals surface area (Å²) in [5.41, 5.74) is 0. The van der Waals surface area contributed by atoms with E-state index in [0.29, 0.717) is 12.8 Å². The Hall–Kier alpha value is -0.110. The summed E-state index contributed by atoms with van der Waals surface area (Å²) < 4.78 is 12.5. The van der Waals surface area contributed by atoms with Crippen LogP contribution in [0.3, 0.4) is 0 Å². The van der Waals surface area contributed by atoms with Gasteiger partial charge in [-0.05, 0) is 19.3 Å². The Morgan fingerprint density at radius 1 is 1.30 bits per heavy atom. The predicted octanol–water partition coefficient (Wildman–Crippen LogP) is 2.29. The topological polar surface area (TPSA) is 20.2 Å². The molecule has 1 nitrogen and oxygen atoms in total. The van der Waals surface area contributed by atoms with Crippen LogP contribution in [0, 0.1) is 0 Å². The summed E-state index contributed by atoms with van der Waals surface area (Å²) in [7, 11) is 0. The highest BCUT2D eigenvalue weighted by molar-refractivity contribution is 4.52. The van der Waals surface area contributed by atoms with Crippen LogP contribution in [0.5, 0.6) is 0 Å². The van der Waals surface area contributed by atoms with Gasteiger partial charge in [-0.1, -0.05) is 19.8 Å². The van der Waals surface area contributed by atoms with Crippen LogP contribution in [0.15, 0.2) is 0 Å². The van der Waals surface area contributed by atoms with E-state index < -0.39 is 6.17 Å². The summed E-state index contributed by atoms with van der Waals surface area (Å²) in [6.07, 6.45) is 3.34. The molecule has 0 saturated carbocycles. The Kier molecular flexibility index (Phi) is 6.93. The second-order valence-electron chi connectivity index (χ2n) is 2.58. The van der Waals surface area contributed by atoms with Gasteiger partial charge in [0, 0.05) is 6.61 Å². The fourth-order valence-corrected chi connectivity index (χ4v) is 0.859. The maximum atomic E-state index is 12.5. The molecule has 0 aliphatic heterocycles. The number of halogens is 1. The van der Waals surface area contributed by atoms with Crippen LogP contribution in [0.1, 0.15) is 39.0 Å². The van der Waals surface area contributed by atoms with Gasteiger partial charge in [-0.2, -0.15) is 0 Å². The quantitative estimate of drug-likeness (QED) is 0.573. The zero-order valence-corrected chi connectivity index (χ0v) is 6.65. The van der Waals surface area contributed by atoms with Gasteiger partial charge in [0.05, 0.1) is 6.17 Å². The third kappa shape index (κ3) is 6.02. The fraction of sp³-hybridized carbons (Fsp3) is 1.00. The second kappa shape index (κ2) is 7.00. The van der Waals surface area contributed by atoms with Crippen LogP contribution < -0.4 is 0 Å². The van der Waals surface area contributed by atoms with Gasteiger partial charge in [0.1, 0.15) is 0 Å². The normalized spacial score (nSPS) is 13.5. The van der Waals surface area contributed by atoms with Crippen LogP contribution >= 0.6 is 0 Å². The lowest BCUT2D eigenvalue weighted by Gasteiger charge is -2.02. The lowest BCUT2D eigenvalue weighted by molar-refractivity contribution is 0.268. The van der Waals surface area contributed by atoms with Crippen molar-refractivity contribution in [2.24, 2.45) is 0 Å². The Bertz CT molecular complexity index is 66.3. The second-order valence-corrected chi connectivity index (χ2v) is 2.58. The molecule has 0 aromatic rings. The molecule has 1 N–H and O–H groups in total. The van der Waals surface area contributed by atoms with Crippen molar-refractivity contribution in [2.45, 2.75) is 45.2 Å². The lowest BCUT2D eigenvalue weighted by Crippen LogP contribution is -1.97. The Balaban J connectivity index is 2.89. The standard InChI is InChI=1S/C8H17FO/c1-2-8(9)6-4-3-5-7-10/h8,10H,2-7H2,1H3. The molecule has 0 saturated heterocycles. The van der Waals surface area contributed by atoms with Crippen molar-refractivity contribution in [3.05, 3.63) is 0 Å². The van der Waals surface area contributed by atoms with E-state index in [2.05, 4.69) is 0 Å². The van der Waals surface area contributed by atoms with Crippen molar-refractivity contribution in [2.75, 3.05) is 6.61 Å². The molecule has 1 unspecified atom stereocenters. The van der Waals surface area contributed by atoms with Gasteiger partial charge in [0.25, 0.3) is 0 Å². The van der Waals surface area contributed by atoms with E-state index in [1.165, 1.54) is 0 Å². The molecule has 0 amide bonds. The van der Waals surface area contributed by atoms with Crippen molar-refractivity contribution in [3.63, 3.8) is 0 Å². The molecule has 0 radical (unpaired) electrons. The summed E-state index contributed by atoms with van der Waals surface area (Å²) in [5.74, 6) is 0. The average molecular weight is 148 g/mol. The molecular formula is C8H17FO. The van der Waals surface area contributed by atoms with Gasteiger partial charge in [-0.25, -0.2) is 4.39 Å². The lowest BCUT2D eigenvalue weighted by atomic mass is 10.1. The molecule has 62 valence electrons. The first-order valence-electron chi connectivity index (χ1n) is 4.06. The zero-order valence-electron chi connectivity index (χ0n) is 6.65. The highest BCUT2D eigenvalue weighted by atomic mass is 19.1. The Morgan fingerprint density at radius 3 is 2.50 bits per heavy atom. The summed E-state index contributed by atoms with van der Waals surface area (Å²) in [5, 5.41) is 8.39. The number of unbranched alkanes of at least 4 members (excludes halogenated alkanes) is 2. The largest absolute Gasteiger partial charge is 0.396 e. The number of rotatable bonds is 6. The molecule has 0 rings (SSSR count). The zero-order chi connectivity index (χ0) is 7.82. The van der Waals surface area contributed by atoms with Crippen molar-refractivity contribution in [1.29, 1.82) is 0 Å². The molecule has 1 atom stereocenters. The minimum absolute atomic E-state index is 0.239. The highest BCUT2D eigenvalue weighted by Crippen LogP contribution is 2.08. The molecule has 0 aromatic heterocycles. The van der Waals surface area contributed by atoms with Crippen LogP contribution in [0.2, 0.25) is 0 Å². The molecule has 0 fully saturated rings. The van der Waals surface area contributed by atoms with Gasteiger partial charge >= 0.3 is 0 Å². The van der Waals surface area contributed by atoms with E-state index in [1.54, 1.807) is 0 Å². The van der Waals surface area contributed by atoms with Crippen molar-refractivity contribution < 1.29 is 9.50 Å². The number of hydrogen-bond acceptors (Lipinski definition) is 1. The van der Waals surface area contributed by atoms with Gasteiger partial charge in [-0.3, -0.25) is 0 Å². The maximum absolute atomic E-state index is 12.5. The molecule has 0 heterocycles. The number of alkyl halides is 1. The minimum atomic E-state index is -0.626. The predicted molar refractivity (Wildman–Crippen MR) is 40.7 cm³/mol. The molecule has 10 heavy (non-hydrogen) atoms. The van der Waals surface area contributed by atoms with E-state index in [1.807, 2.05) is 6.92 Å². The minimum Gasteiger partial charge on any atom is -0.396 e. The molecule has 0 aromatic carbocycles. The van der Waals surface area contributed by atoms with E-state index >= 15 is 0 Å². The number of aliphatic hydroxyl groups excluding tert-OH is 1. The maximum Gasteiger partial charge on any atom is 0.0999 e. The first-order valence-corrected chi connectivity index (χ1v) is 4.06. The number of hydrogen-bond donors (Lipinski definition) is 1. The first kappa shape index (κ1) is 9.89. The van der Waals surface area contributed by atoms with Gasteiger partial charge in [0.2, 0.25) is 0 Å². The Morgan fingerprint density at radius 2 is 2.00 bits per heavy atom. The molecule has 0 aliphatic rings. The fourth-order valence-electron chi connectivity index (χ4n) is 0.859. The first-order chi connectivity index (χ1) is 4.81. The van der Waals surface area contributed by atoms with Crippen LogP contribution in [0.25, 0.3) is 0 Å². The SMILES string of the molecule is CCC(F)CCCCCO. The summed E-state index contributed by atoms with van der Waals surface area (Å²) in [6, 6.07) is 0. The third-order valence-corrected chi connectivity index (χ3v) is 1.62. The van der Waals surface area contributed by atoms with Crippen LogP contribution in [0.4, 0.5) is 4.39 Å². The summed E-state index contributed by atoms with van der Waals surface area (Å²) >= 11 is 0. The van der Waals surface area contributed by atoms with Gasteiger partial charge < -0.3 is 5.11 Å². The Labute approximate surface area is 62.3 Å². The van der Waals surface area contributed by atoms with E-state index in [0.717, 1.165) is 19.3 Å². The van der Waals surface area contributed by atoms with Crippen LogP contribution in [-0.2, 0) is 0 Å². The van der Waals surface area contributed by atoms with E-state index in [-0.39, 0.29) is 6.61 Å². The van der Waals surface area contributed by atoms with Crippen LogP contribution in [-0.4, -0.2) is 17.9 Å². The summed E-state index contributed by atoms with van der Waals surface area (Å²) in [4.78, 5) is 0. The molecule has 0 aliphatic carbocycles. The van der Waals surface area contributed by atoms with Crippen molar-refractivity contribution >= 4 is 0 Å². The van der Waals surface area contributed by atoms with E-state index in [9.17, 15) is 4.39 Å². The molecular weight excluding hydrogens is 131 g/mol. The van der Waals surface area contributed by atoms with Gasteiger partial charge in [0.15, 0.2) is 0 Å². The average Bonchev–Trinajstić information content (AvgIpc) is 1.98.